The molecule has 0 radical (unpaired) electrons. The molecular formula is C16H31NO. The average Bonchev–Trinajstić information content (AvgIpc) is 2.30. The lowest BCUT2D eigenvalue weighted by Crippen LogP contribution is -2.61. The lowest BCUT2D eigenvalue weighted by atomic mass is 9.64. The van der Waals surface area contributed by atoms with E-state index in [0.29, 0.717) is 29.1 Å². The molecule has 18 heavy (non-hydrogen) atoms. The van der Waals surface area contributed by atoms with Crippen LogP contribution in [0.25, 0.3) is 0 Å². The molecule has 2 rings (SSSR count). The Labute approximate surface area is 113 Å². The van der Waals surface area contributed by atoms with Crippen molar-refractivity contribution in [3.63, 3.8) is 0 Å². The molecule has 106 valence electrons. The van der Waals surface area contributed by atoms with Crippen molar-refractivity contribution in [1.29, 1.82) is 0 Å². The number of rotatable bonds is 4. The molecule has 2 atom stereocenters. The predicted molar refractivity (Wildman–Crippen MR) is 76.8 cm³/mol. The van der Waals surface area contributed by atoms with Crippen molar-refractivity contribution >= 4 is 0 Å². The summed E-state index contributed by atoms with van der Waals surface area (Å²) in [5.74, 6) is 0. The summed E-state index contributed by atoms with van der Waals surface area (Å²) in [4.78, 5) is 0. The van der Waals surface area contributed by atoms with Gasteiger partial charge in [0.15, 0.2) is 0 Å². The molecule has 2 fully saturated rings. The summed E-state index contributed by atoms with van der Waals surface area (Å²) in [6.07, 6.45) is 7.33. The molecule has 2 aliphatic carbocycles. The zero-order chi connectivity index (χ0) is 13.4. The molecule has 0 heterocycles. The summed E-state index contributed by atoms with van der Waals surface area (Å²) >= 11 is 0. The van der Waals surface area contributed by atoms with Crippen molar-refractivity contribution in [2.75, 3.05) is 6.54 Å². The second kappa shape index (κ2) is 5.13. The predicted octanol–water partition coefficient (Wildman–Crippen LogP) is 3.75. The Balaban J connectivity index is 1.79. The molecule has 0 aromatic heterocycles. The lowest BCUT2D eigenvalue weighted by molar-refractivity contribution is -0.158. The fourth-order valence-corrected chi connectivity index (χ4v) is 3.45. The van der Waals surface area contributed by atoms with E-state index < -0.39 is 0 Å². The Hall–Kier alpha value is -0.0800. The summed E-state index contributed by atoms with van der Waals surface area (Å²) < 4.78 is 6.37. The van der Waals surface area contributed by atoms with E-state index in [1.165, 1.54) is 32.1 Å². The van der Waals surface area contributed by atoms with Crippen LogP contribution in [0.3, 0.4) is 0 Å². The van der Waals surface area contributed by atoms with Gasteiger partial charge in [-0.25, -0.2) is 0 Å². The highest BCUT2D eigenvalue weighted by atomic mass is 16.5. The fourth-order valence-electron chi connectivity index (χ4n) is 3.45. The molecular weight excluding hydrogens is 222 g/mol. The van der Waals surface area contributed by atoms with E-state index in [4.69, 9.17) is 4.74 Å². The Kier molecular flexibility index (Phi) is 4.08. The smallest absolute Gasteiger partial charge is 0.0659 e. The van der Waals surface area contributed by atoms with Gasteiger partial charge in [-0.15, -0.1) is 0 Å². The zero-order valence-corrected chi connectivity index (χ0v) is 12.9. The Morgan fingerprint density at radius 1 is 1.11 bits per heavy atom. The number of nitrogens with one attached hydrogen (secondary N) is 1. The molecule has 2 nitrogen and oxygen atoms in total. The van der Waals surface area contributed by atoms with Gasteiger partial charge in [-0.3, -0.25) is 0 Å². The van der Waals surface area contributed by atoms with Crippen molar-refractivity contribution < 1.29 is 4.74 Å². The Bertz CT molecular complexity index is 275. The van der Waals surface area contributed by atoms with Gasteiger partial charge >= 0.3 is 0 Å². The Morgan fingerprint density at radius 2 is 1.72 bits per heavy atom. The van der Waals surface area contributed by atoms with Gasteiger partial charge in [0.1, 0.15) is 0 Å². The molecule has 0 saturated heterocycles. The third-order valence-corrected chi connectivity index (χ3v) is 5.27. The van der Waals surface area contributed by atoms with Crippen LogP contribution in [0.15, 0.2) is 0 Å². The molecule has 0 spiro atoms. The lowest BCUT2D eigenvalue weighted by Gasteiger charge is -2.53. The third-order valence-electron chi connectivity index (χ3n) is 5.27. The van der Waals surface area contributed by atoms with Gasteiger partial charge in [-0.2, -0.15) is 0 Å². The minimum Gasteiger partial charge on any atom is -0.374 e. The van der Waals surface area contributed by atoms with Crippen LogP contribution in [0.1, 0.15) is 66.7 Å². The third kappa shape index (κ3) is 2.91. The first kappa shape index (κ1) is 14.3. The second-order valence-corrected chi connectivity index (χ2v) is 7.66. The van der Waals surface area contributed by atoms with E-state index in [2.05, 4.69) is 39.9 Å². The Morgan fingerprint density at radius 3 is 2.22 bits per heavy atom. The van der Waals surface area contributed by atoms with Crippen molar-refractivity contribution in [2.24, 2.45) is 10.8 Å². The summed E-state index contributed by atoms with van der Waals surface area (Å²) in [7, 11) is 0. The minimum atomic E-state index is 0.309. The highest BCUT2D eigenvalue weighted by Gasteiger charge is 2.49. The van der Waals surface area contributed by atoms with E-state index in [0.717, 1.165) is 6.54 Å². The van der Waals surface area contributed by atoms with E-state index in [1.807, 2.05) is 0 Å². The van der Waals surface area contributed by atoms with Crippen LogP contribution in [0.5, 0.6) is 0 Å². The van der Waals surface area contributed by atoms with Crippen LogP contribution in [0.4, 0.5) is 0 Å². The van der Waals surface area contributed by atoms with Crippen molar-refractivity contribution in [3.05, 3.63) is 0 Å². The van der Waals surface area contributed by atoms with Gasteiger partial charge in [-0.05, 0) is 44.1 Å². The standard InChI is InChI=1S/C16H31NO/c1-6-17-13-11-14(16(13,4)5)18-12-7-9-15(2,3)10-8-12/h12-14,17H,6-11H2,1-5H3. The highest BCUT2D eigenvalue weighted by Crippen LogP contribution is 2.45. The molecule has 0 amide bonds. The van der Waals surface area contributed by atoms with Gasteiger partial charge in [0, 0.05) is 11.5 Å². The number of ether oxygens (including phenoxy) is 1. The average molecular weight is 253 g/mol. The van der Waals surface area contributed by atoms with Crippen molar-refractivity contribution in [3.8, 4) is 0 Å². The number of hydrogen-bond acceptors (Lipinski definition) is 2. The summed E-state index contributed by atoms with van der Waals surface area (Å²) in [6, 6.07) is 0.646. The first-order chi connectivity index (χ1) is 8.35. The van der Waals surface area contributed by atoms with Gasteiger partial charge in [0.25, 0.3) is 0 Å². The van der Waals surface area contributed by atoms with Crippen LogP contribution >= 0.6 is 0 Å². The van der Waals surface area contributed by atoms with E-state index >= 15 is 0 Å². The van der Waals surface area contributed by atoms with Gasteiger partial charge in [-0.1, -0.05) is 34.6 Å². The second-order valence-electron chi connectivity index (χ2n) is 7.66. The minimum absolute atomic E-state index is 0.309. The fraction of sp³-hybridized carbons (Fsp3) is 1.00. The van der Waals surface area contributed by atoms with Crippen LogP contribution in [0, 0.1) is 10.8 Å². The van der Waals surface area contributed by atoms with E-state index in [1.54, 1.807) is 0 Å². The summed E-state index contributed by atoms with van der Waals surface area (Å²) in [5.41, 5.74) is 0.851. The molecule has 0 bridgehead atoms. The van der Waals surface area contributed by atoms with Crippen LogP contribution < -0.4 is 5.32 Å². The van der Waals surface area contributed by atoms with Gasteiger partial charge in [0.2, 0.25) is 0 Å². The zero-order valence-electron chi connectivity index (χ0n) is 12.9. The highest BCUT2D eigenvalue weighted by molar-refractivity contribution is 5.03. The quantitative estimate of drug-likeness (QED) is 0.824. The number of hydrogen-bond donors (Lipinski definition) is 1. The monoisotopic (exact) mass is 253 g/mol. The van der Waals surface area contributed by atoms with Gasteiger partial charge in [0.05, 0.1) is 12.2 Å². The first-order valence-electron chi connectivity index (χ1n) is 7.74. The molecule has 2 aliphatic rings. The van der Waals surface area contributed by atoms with Crippen molar-refractivity contribution in [1.82, 2.24) is 5.32 Å². The maximum Gasteiger partial charge on any atom is 0.0659 e. The molecule has 0 aliphatic heterocycles. The van der Waals surface area contributed by atoms with Crippen LogP contribution in [0.2, 0.25) is 0 Å². The molecule has 0 aromatic rings. The SMILES string of the molecule is CCNC1CC(OC2CCC(C)(C)CC2)C1(C)C. The molecule has 1 N–H and O–H groups in total. The summed E-state index contributed by atoms with van der Waals surface area (Å²) in [5, 5.41) is 3.57. The molecule has 0 aromatic carbocycles. The van der Waals surface area contributed by atoms with Crippen molar-refractivity contribution in [2.45, 2.75) is 85.0 Å². The molecule has 2 saturated carbocycles. The molecule has 2 unspecified atom stereocenters. The largest absolute Gasteiger partial charge is 0.374 e. The maximum atomic E-state index is 6.37. The maximum absolute atomic E-state index is 6.37. The van der Waals surface area contributed by atoms with Gasteiger partial charge < -0.3 is 10.1 Å². The topological polar surface area (TPSA) is 21.3 Å². The molecule has 2 heteroatoms. The van der Waals surface area contributed by atoms with Crippen LogP contribution in [-0.4, -0.2) is 24.8 Å². The first-order valence-corrected chi connectivity index (χ1v) is 7.74. The summed E-state index contributed by atoms with van der Waals surface area (Å²) in [6.45, 7) is 12.7. The normalized spacial score (nSPS) is 35.2. The van der Waals surface area contributed by atoms with E-state index in [-0.39, 0.29) is 0 Å². The van der Waals surface area contributed by atoms with Crippen LogP contribution in [-0.2, 0) is 4.74 Å². The van der Waals surface area contributed by atoms with E-state index in [9.17, 15) is 0 Å².